The fraction of sp³-hybridized carbons (Fsp3) is 0.571. The van der Waals surface area contributed by atoms with E-state index in [1.165, 1.54) is 0 Å². The van der Waals surface area contributed by atoms with Crippen molar-refractivity contribution in [1.82, 2.24) is 9.62 Å². The third-order valence-electron chi connectivity index (χ3n) is 3.65. The first-order valence-corrected chi connectivity index (χ1v) is 9.53. The molecule has 0 radical (unpaired) electrons. The average molecular weight is 351 g/mol. The molecule has 1 atom stereocenters. The molecule has 1 aromatic carbocycles. The summed E-state index contributed by atoms with van der Waals surface area (Å²) >= 11 is 1.56. The van der Waals surface area contributed by atoms with Crippen LogP contribution in [0.5, 0.6) is 0 Å². The highest BCUT2D eigenvalue weighted by Gasteiger charge is 2.29. The number of sulfonamides is 1. The Balaban J connectivity index is 0.00000220. The number of hydrogen-bond donors (Lipinski definition) is 1. The van der Waals surface area contributed by atoms with Gasteiger partial charge in [0, 0.05) is 18.0 Å². The lowest BCUT2D eigenvalue weighted by Gasteiger charge is -2.31. The summed E-state index contributed by atoms with van der Waals surface area (Å²) in [5.41, 5.74) is 0. The SMILES string of the molecule is CNCC1CCCN(S(=O)(=O)c2cccc(SC)c2)C1.Cl. The summed E-state index contributed by atoms with van der Waals surface area (Å²) in [6.45, 7) is 2.12. The standard InChI is InChI=1S/C14H22N2O2S2.ClH/c1-15-10-12-5-4-8-16(11-12)20(17,18)14-7-3-6-13(9-14)19-2;/h3,6-7,9,12,15H,4-5,8,10-11H2,1-2H3;1H. The molecule has 0 aliphatic carbocycles. The molecule has 0 spiro atoms. The van der Waals surface area contributed by atoms with Gasteiger partial charge in [0.2, 0.25) is 10.0 Å². The van der Waals surface area contributed by atoms with Crippen molar-refractivity contribution in [2.45, 2.75) is 22.6 Å². The summed E-state index contributed by atoms with van der Waals surface area (Å²) in [6, 6.07) is 7.20. The van der Waals surface area contributed by atoms with E-state index >= 15 is 0 Å². The monoisotopic (exact) mass is 350 g/mol. The van der Waals surface area contributed by atoms with Crippen LogP contribution >= 0.6 is 24.2 Å². The number of hydrogen-bond acceptors (Lipinski definition) is 4. The summed E-state index contributed by atoms with van der Waals surface area (Å²) in [7, 11) is -1.44. The van der Waals surface area contributed by atoms with Crippen molar-refractivity contribution in [1.29, 1.82) is 0 Å². The predicted octanol–water partition coefficient (Wildman–Crippen LogP) is 2.45. The first kappa shape index (κ1) is 18.8. The normalized spacial score (nSPS) is 20.0. The lowest BCUT2D eigenvalue weighted by molar-refractivity contribution is 0.263. The second-order valence-corrected chi connectivity index (χ2v) is 7.93. The molecule has 1 aromatic rings. The first-order valence-electron chi connectivity index (χ1n) is 6.86. The summed E-state index contributed by atoms with van der Waals surface area (Å²) in [5.74, 6) is 0.409. The first-order chi connectivity index (χ1) is 9.57. The number of halogens is 1. The van der Waals surface area contributed by atoms with Crippen LogP contribution in [-0.2, 0) is 10.0 Å². The molecule has 0 aromatic heterocycles. The summed E-state index contributed by atoms with van der Waals surface area (Å²) in [5, 5.41) is 3.14. The Labute approximate surface area is 138 Å². The molecule has 2 rings (SSSR count). The van der Waals surface area contributed by atoms with Crippen LogP contribution in [0.2, 0.25) is 0 Å². The lowest BCUT2D eigenvalue weighted by Crippen LogP contribution is -2.42. The number of nitrogens with one attached hydrogen (secondary N) is 1. The highest BCUT2D eigenvalue weighted by molar-refractivity contribution is 7.98. The molecular weight excluding hydrogens is 328 g/mol. The van der Waals surface area contributed by atoms with Crippen LogP contribution in [0, 0.1) is 5.92 Å². The van der Waals surface area contributed by atoms with Gasteiger partial charge in [-0.15, -0.1) is 24.2 Å². The second kappa shape index (κ2) is 8.39. The van der Waals surface area contributed by atoms with Crippen molar-refractivity contribution in [3.63, 3.8) is 0 Å². The minimum atomic E-state index is -3.35. The van der Waals surface area contributed by atoms with E-state index in [9.17, 15) is 8.42 Å². The van der Waals surface area contributed by atoms with Crippen LogP contribution in [-0.4, -0.2) is 45.7 Å². The van der Waals surface area contributed by atoms with E-state index in [1.54, 1.807) is 28.2 Å². The van der Waals surface area contributed by atoms with E-state index in [0.717, 1.165) is 24.3 Å². The van der Waals surface area contributed by atoms with Crippen molar-refractivity contribution in [2.75, 3.05) is 32.9 Å². The minimum absolute atomic E-state index is 0. The molecule has 7 heteroatoms. The van der Waals surface area contributed by atoms with E-state index < -0.39 is 10.0 Å². The molecule has 4 nitrogen and oxygen atoms in total. The van der Waals surface area contributed by atoms with Crippen LogP contribution in [0.25, 0.3) is 0 Å². The highest BCUT2D eigenvalue weighted by Crippen LogP contribution is 2.25. The van der Waals surface area contributed by atoms with E-state index in [-0.39, 0.29) is 12.4 Å². The number of benzene rings is 1. The van der Waals surface area contributed by atoms with Gasteiger partial charge in [-0.1, -0.05) is 6.07 Å². The van der Waals surface area contributed by atoms with Gasteiger partial charge in [-0.05, 0) is 56.8 Å². The molecule has 0 saturated carbocycles. The molecule has 1 fully saturated rings. The van der Waals surface area contributed by atoms with Gasteiger partial charge in [0.1, 0.15) is 0 Å². The smallest absolute Gasteiger partial charge is 0.243 e. The van der Waals surface area contributed by atoms with Gasteiger partial charge in [-0.25, -0.2) is 8.42 Å². The Morgan fingerprint density at radius 2 is 2.19 bits per heavy atom. The number of rotatable bonds is 5. The van der Waals surface area contributed by atoms with Gasteiger partial charge >= 0.3 is 0 Å². The van der Waals surface area contributed by atoms with Crippen LogP contribution in [0.15, 0.2) is 34.1 Å². The van der Waals surface area contributed by atoms with Crippen LogP contribution in [0.1, 0.15) is 12.8 Å². The Morgan fingerprint density at radius 3 is 2.86 bits per heavy atom. The van der Waals surface area contributed by atoms with Crippen LogP contribution < -0.4 is 5.32 Å². The predicted molar refractivity (Wildman–Crippen MR) is 90.9 cm³/mol. The van der Waals surface area contributed by atoms with Crippen molar-refractivity contribution in [2.24, 2.45) is 5.92 Å². The molecule has 1 saturated heterocycles. The van der Waals surface area contributed by atoms with Crippen molar-refractivity contribution < 1.29 is 8.42 Å². The lowest BCUT2D eigenvalue weighted by atomic mass is 10.00. The fourth-order valence-corrected chi connectivity index (χ4v) is 4.75. The van der Waals surface area contributed by atoms with E-state index in [4.69, 9.17) is 0 Å². The maximum absolute atomic E-state index is 12.7. The van der Waals surface area contributed by atoms with Crippen molar-refractivity contribution >= 4 is 34.2 Å². The molecule has 1 unspecified atom stereocenters. The number of thioether (sulfide) groups is 1. The Hall–Kier alpha value is -0.270. The van der Waals surface area contributed by atoms with Crippen LogP contribution in [0.3, 0.4) is 0 Å². The quantitative estimate of drug-likeness (QED) is 0.829. The van der Waals surface area contributed by atoms with Gasteiger partial charge < -0.3 is 5.32 Å². The molecule has 120 valence electrons. The second-order valence-electron chi connectivity index (χ2n) is 5.11. The van der Waals surface area contributed by atoms with Crippen molar-refractivity contribution in [3.8, 4) is 0 Å². The third kappa shape index (κ3) is 4.60. The molecule has 1 N–H and O–H groups in total. The maximum Gasteiger partial charge on any atom is 0.243 e. The summed E-state index contributed by atoms with van der Waals surface area (Å²) in [4.78, 5) is 1.39. The molecule has 1 heterocycles. The molecule has 21 heavy (non-hydrogen) atoms. The fourth-order valence-electron chi connectivity index (χ4n) is 2.61. The van der Waals surface area contributed by atoms with Gasteiger partial charge in [0.15, 0.2) is 0 Å². The summed E-state index contributed by atoms with van der Waals surface area (Å²) < 4.78 is 27.0. The molecule has 0 amide bonds. The van der Waals surface area contributed by atoms with Crippen molar-refractivity contribution in [3.05, 3.63) is 24.3 Å². The highest BCUT2D eigenvalue weighted by atomic mass is 35.5. The largest absolute Gasteiger partial charge is 0.319 e. The number of piperidine rings is 1. The molecule has 0 bridgehead atoms. The Morgan fingerprint density at radius 1 is 1.43 bits per heavy atom. The van der Waals surface area contributed by atoms with Gasteiger partial charge in [-0.2, -0.15) is 4.31 Å². The van der Waals surface area contributed by atoms with Gasteiger partial charge in [-0.3, -0.25) is 0 Å². The number of nitrogens with zero attached hydrogens (tertiary/aromatic N) is 1. The van der Waals surface area contributed by atoms with Gasteiger partial charge in [0.25, 0.3) is 0 Å². The zero-order valence-corrected chi connectivity index (χ0v) is 14.9. The molecule has 1 aliphatic heterocycles. The molecular formula is C14H23ClN2O2S2. The average Bonchev–Trinajstić information content (AvgIpc) is 2.48. The summed E-state index contributed by atoms with van der Waals surface area (Å²) in [6.07, 6.45) is 3.99. The zero-order valence-electron chi connectivity index (χ0n) is 12.4. The Bertz CT molecular complexity index is 550. The van der Waals surface area contributed by atoms with Crippen LogP contribution in [0.4, 0.5) is 0 Å². The maximum atomic E-state index is 12.7. The molecule has 1 aliphatic rings. The van der Waals surface area contributed by atoms with E-state index in [2.05, 4.69) is 5.32 Å². The topological polar surface area (TPSA) is 49.4 Å². The zero-order chi connectivity index (χ0) is 14.6. The third-order valence-corrected chi connectivity index (χ3v) is 6.24. The minimum Gasteiger partial charge on any atom is -0.319 e. The van der Waals surface area contributed by atoms with Gasteiger partial charge in [0.05, 0.1) is 4.90 Å². The Kier molecular flexibility index (Phi) is 7.50. The van der Waals surface area contributed by atoms with E-state index in [1.807, 2.05) is 25.4 Å². The van der Waals surface area contributed by atoms with E-state index in [0.29, 0.717) is 23.9 Å².